The van der Waals surface area contributed by atoms with E-state index in [1.54, 1.807) is 37.5 Å². The SMILES string of the molecule is Cc1ncn(-c2cnc(C(=O)Cc3ccc(F)c([C@]4(C)C=CSC(N)=N4)c3)cn2)n1. The highest BCUT2D eigenvalue weighted by Gasteiger charge is 2.29. The molecule has 0 saturated heterocycles. The number of hydrogen-bond donors (Lipinski definition) is 1. The number of carbonyl (C=O) groups excluding carboxylic acids is 1. The van der Waals surface area contributed by atoms with E-state index >= 15 is 0 Å². The van der Waals surface area contributed by atoms with Crippen LogP contribution >= 0.6 is 11.8 Å². The summed E-state index contributed by atoms with van der Waals surface area (Å²) in [4.78, 5) is 29.5. The summed E-state index contributed by atoms with van der Waals surface area (Å²) in [6.07, 6.45) is 6.22. The number of Topliss-reactive ketones (excluding diaryl/α,β-unsaturated/α-hetero) is 1. The Labute approximate surface area is 176 Å². The molecule has 0 amide bonds. The molecule has 30 heavy (non-hydrogen) atoms. The van der Waals surface area contributed by atoms with Gasteiger partial charge in [0, 0.05) is 12.0 Å². The largest absolute Gasteiger partial charge is 0.378 e. The van der Waals surface area contributed by atoms with Crippen LogP contribution < -0.4 is 5.73 Å². The number of halogens is 1. The van der Waals surface area contributed by atoms with Crippen molar-refractivity contribution in [3.63, 3.8) is 0 Å². The molecule has 3 aromatic rings. The second kappa shape index (κ2) is 7.79. The van der Waals surface area contributed by atoms with Crippen molar-refractivity contribution in [2.24, 2.45) is 10.7 Å². The van der Waals surface area contributed by atoms with E-state index in [4.69, 9.17) is 5.73 Å². The summed E-state index contributed by atoms with van der Waals surface area (Å²) >= 11 is 1.28. The second-order valence-corrected chi connectivity index (χ2v) is 7.85. The maximum Gasteiger partial charge on any atom is 0.187 e. The number of aromatic nitrogens is 5. The number of aryl methyl sites for hydroxylation is 1. The average molecular weight is 423 g/mol. The predicted octanol–water partition coefficient (Wildman–Crippen LogP) is 2.72. The number of nitrogens with two attached hydrogens (primary N) is 1. The highest BCUT2D eigenvalue weighted by molar-refractivity contribution is 8.16. The van der Waals surface area contributed by atoms with Crippen molar-refractivity contribution in [3.8, 4) is 5.82 Å². The molecule has 0 saturated carbocycles. The molecule has 3 heterocycles. The van der Waals surface area contributed by atoms with Crippen molar-refractivity contribution in [1.29, 1.82) is 0 Å². The molecule has 0 bridgehead atoms. The van der Waals surface area contributed by atoms with Gasteiger partial charge in [0.15, 0.2) is 16.8 Å². The number of amidine groups is 1. The van der Waals surface area contributed by atoms with Gasteiger partial charge in [-0.3, -0.25) is 4.79 Å². The molecule has 152 valence electrons. The van der Waals surface area contributed by atoms with Crippen LogP contribution in [0, 0.1) is 12.7 Å². The third-order valence-electron chi connectivity index (χ3n) is 4.63. The normalized spacial score (nSPS) is 18.3. The lowest BCUT2D eigenvalue weighted by Gasteiger charge is -2.26. The topological polar surface area (TPSA) is 112 Å². The minimum atomic E-state index is -0.921. The molecule has 0 radical (unpaired) electrons. The number of benzene rings is 1. The summed E-state index contributed by atoms with van der Waals surface area (Å²) in [6.45, 7) is 3.54. The highest BCUT2D eigenvalue weighted by Crippen LogP contribution is 2.34. The van der Waals surface area contributed by atoms with Gasteiger partial charge < -0.3 is 5.73 Å². The van der Waals surface area contributed by atoms with Crippen molar-refractivity contribution in [2.75, 3.05) is 0 Å². The molecule has 4 rings (SSSR count). The van der Waals surface area contributed by atoms with E-state index in [0.717, 1.165) is 0 Å². The van der Waals surface area contributed by atoms with Crippen LogP contribution in [0.25, 0.3) is 5.82 Å². The molecule has 1 atom stereocenters. The quantitative estimate of drug-likeness (QED) is 0.628. The number of aliphatic imine (C=N–C) groups is 1. The van der Waals surface area contributed by atoms with Gasteiger partial charge in [-0.2, -0.15) is 5.10 Å². The van der Waals surface area contributed by atoms with Crippen LogP contribution in [0.15, 0.2) is 53.4 Å². The van der Waals surface area contributed by atoms with Crippen molar-refractivity contribution >= 4 is 22.7 Å². The van der Waals surface area contributed by atoms with Crippen molar-refractivity contribution < 1.29 is 9.18 Å². The number of thioether (sulfide) groups is 1. The Bertz CT molecular complexity index is 1170. The Kier molecular flexibility index (Phi) is 5.17. The van der Waals surface area contributed by atoms with Crippen molar-refractivity contribution in [2.45, 2.75) is 25.8 Å². The standard InChI is InChI=1S/C20H18FN7OS/c1-12-25-11-28(27-12)18-10-23-16(9-24-18)17(29)8-13-3-4-15(21)14(7-13)20(2)5-6-30-19(22)26-20/h3-7,9-11H,8H2,1-2H3,(H2,22,26)/t20-/m0/s1. The van der Waals surface area contributed by atoms with Gasteiger partial charge in [-0.15, -0.1) is 0 Å². The van der Waals surface area contributed by atoms with Gasteiger partial charge in [0.2, 0.25) is 0 Å². The number of ketones is 1. The van der Waals surface area contributed by atoms with Gasteiger partial charge in [0.05, 0.1) is 12.4 Å². The minimum Gasteiger partial charge on any atom is -0.378 e. The molecule has 2 aromatic heterocycles. The lowest BCUT2D eigenvalue weighted by Crippen LogP contribution is -2.25. The fourth-order valence-corrected chi connectivity index (χ4v) is 3.78. The monoisotopic (exact) mass is 423 g/mol. The third-order valence-corrected chi connectivity index (χ3v) is 5.23. The summed E-state index contributed by atoms with van der Waals surface area (Å²) < 4.78 is 16.0. The van der Waals surface area contributed by atoms with Gasteiger partial charge in [-0.25, -0.2) is 29.0 Å². The molecule has 1 aliphatic rings. The zero-order valence-electron chi connectivity index (χ0n) is 16.3. The summed E-state index contributed by atoms with van der Waals surface area (Å²) in [5.74, 6) is 0.426. The number of carbonyl (C=O) groups is 1. The summed E-state index contributed by atoms with van der Waals surface area (Å²) in [6, 6.07) is 4.56. The van der Waals surface area contributed by atoms with E-state index in [1.807, 2.05) is 0 Å². The Balaban J connectivity index is 1.55. The van der Waals surface area contributed by atoms with Crippen LogP contribution in [0.4, 0.5) is 4.39 Å². The van der Waals surface area contributed by atoms with Crippen LogP contribution in [0.3, 0.4) is 0 Å². The Morgan fingerprint density at radius 2 is 2.10 bits per heavy atom. The van der Waals surface area contributed by atoms with Gasteiger partial charge in [0.25, 0.3) is 0 Å². The first-order valence-corrected chi connectivity index (χ1v) is 9.94. The average Bonchev–Trinajstić information content (AvgIpc) is 3.15. The van der Waals surface area contributed by atoms with E-state index < -0.39 is 11.4 Å². The fraction of sp³-hybridized carbons (Fsp3) is 0.200. The Morgan fingerprint density at radius 3 is 2.77 bits per heavy atom. The maximum absolute atomic E-state index is 14.5. The lowest BCUT2D eigenvalue weighted by molar-refractivity contribution is 0.0987. The molecular formula is C20H18FN7OS. The third kappa shape index (κ3) is 3.99. The van der Waals surface area contributed by atoms with Gasteiger partial charge in [0.1, 0.15) is 29.2 Å². The number of nitrogens with zero attached hydrogens (tertiary/aromatic N) is 6. The molecular weight excluding hydrogens is 405 g/mol. The summed E-state index contributed by atoms with van der Waals surface area (Å²) in [7, 11) is 0. The van der Waals surface area contributed by atoms with Crippen LogP contribution in [0.2, 0.25) is 0 Å². The molecule has 0 spiro atoms. The second-order valence-electron chi connectivity index (χ2n) is 6.93. The molecule has 0 unspecified atom stereocenters. The molecule has 8 nitrogen and oxygen atoms in total. The molecule has 10 heteroatoms. The van der Waals surface area contributed by atoms with E-state index in [9.17, 15) is 9.18 Å². The fourth-order valence-electron chi connectivity index (χ4n) is 3.06. The predicted molar refractivity (Wildman–Crippen MR) is 112 cm³/mol. The summed E-state index contributed by atoms with van der Waals surface area (Å²) in [5, 5.41) is 6.30. The van der Waals surface area contributed by atoms with E-state index in [1.165, 1.54) is 41.2 Å². The number of hydrogen-bond acceptors (Lipinski definition) is 8. The smallest absolute Gasteiger partial charge is 0.187 e. The van der Waals surface area contributed by atoms with Crippen molar-refractivity contribution in [3.05, 3.63) is 76.9 Å². The maximum atomic E-state index is 14.5. The van der Waals surface area contributed by atoms with Gasteiger partial charge >= 0.3 is 0 Å². The lowest BCUT2D eigenvalue weighted by atomic mass is 9.90. The first-order valence-electron chi connectivity index (χ1n) is 9.06. The van der Waals surface area contributed by atoms with E-state index in [2.05, 4.69) is 25.0 Å². The van der Waals surface area contributed by atoms with Crippen LogP contribution in [-0.4, -0.2) is 35.7 Å². The first kappa shape index (κ1) is 19.9. The van der Waals surface area contributed by atoms with E-state index in [-0.39, 0.29) is 17.9 Å². The van der Waals surface area contributed by atoms with E-state index in [0.29, 0.717) is 27.9 Å². The Morgan fingerprint density at radius 1 is 1.27 bits per heavy atom. The molecule has 2 N–H and O–H groups in total. The molecule has 0 aliphatic carbocycles. The molecule has 0 fully saturated rings. The Hall–Kier alpha value is -3.40. The van der Waals surface area contributed by atoms with Crippen molar-refractivity contribution in [1.82, 2.24) is 24.7 Å². The molecule has 1 aliphatic heterocycles. The van der Waals surface area contributed by atoms with Crippen LogP contribution in [0.1, 0.15) is 34.4 Å². The van der Waals surface area contributed by atoms with Crippen LogP contribution in [0.5, 0.6) is 0 Å². The van der Waals surface area contributed by atoms with Crippen LogP contribution in [-0.2, 0) is 12.0 Å². The zero-order valence-corrected chi connectivity index (χ0v) is 17.1. The summed E-state index contributed by atoms with van der Waals surface area (Å²) in [5.41, 5.74) is 6.10. The van der Waals surface area contributed by atoms with Gasteiger partial charge in [-0.05, 0) is 43.0 Å². The highest BCUT2D eigenvalue weighted by atomic mass is 32.2. The molecule has 1 aromatic carbocycles. The van der Waals surface area contributed by atoms with Gasteiger partial charge in [-0.1, -0.05) is 17.8 Å². The minimum absolute atomic E-state index is 0.0531. The number of rotatable bonds is 5. The zero-order chi connectivity index (χ0) is 21.3. The first-order chi connectivity index (χ1) is 14.3.